The SMILES string of the molecule is C1=C\CCCC\C=C/1.O=C(O)O.O=C(O)O. The van der Waals surface area contributed by atoms with E-state index in [0.29, 0.717) is 0 Å². The molecule has 0 aromatic carbocycles. The first-order valence-electron chi connectivity index (χ1n) is 4.62. The Morgan fingerprint density at radius 2 is 1.00 bits per heavy atom. The van der Waals surface area contributed by atoms with E-state index < -0.39 is 12.3 Å². The molecule has 16 heavy (non-hydrogen) atoms. The second-order valence-corrected chi connectivity index (χ2v) is 2.71. The van der Waals surface area contributed by atoms with Crippen molar-refractivity contribution >= 4 is 12.3 Å². The van der Waals surface area contributed by atoms with Gasteiger partial charge in [-0.15, -0.1) is 0 Å². The lowest BCUT2D eigenvalue weighted by atomic mass is 10.1. The summed E-state index contributed by atoms with van der Waals surface area (Å²) in [4.78, 5) is 17.1. The van der Waals surface area contributed by atoms with Gasteiger partial charge >= 0.3 is 12.3 Å². The van der Waals surface area contributed by atoms with Gasteiger partial charge in [0.05, 0.1) is 0 Å². The van der Waals surface area contributed by atoms with E-state index >= 15 is 0 Å². The molecule has 0 aliphatic heterocycles. The third kappa shape index (κ3) is 40.3. The van der Waals surface area contributed by atoms with Crippen LogP contribution in [0, 0.1) is 0 Å². The van der Waals surface area contributed by atoms with Gasteiger partial charge in [-0.2, -0.15) is 0 Å². The molecule has 0 saturated carbocycles. The van der Waals surface area contributed by atoms with Crippen molar-refractivity contribution in [2.45, 2.75) is 25.7 Å². The van der Waals surface area contributed by atoms with Crippen LogP contribution in [0.4, 0.5) is 9.59 Å². The van der Waals surface area contributed by atoms with Gasteiger partial charge in [-0.3, -0.25) is 0 Å². The topological polar surface area (TPSA) is 115 Å². The molecule has 0 unspecified atom stereocenters. The van der Waals surface area contributed by atoms with E-state index in [9.17, 15) is 0 Å². The van der Waals surface area contributed by atoms with Crippen LogP contribution in [0.2, 0.25) is 0 Å². The number of hydrogen-bond acceptors (Lipinski definition) is 2. The minimum absolute atomic E-state index is 1.27. The van der Waals surface area contributed by atoms with Crippen LogP contribution in [0.1, 0.15) is 25.7 Å². The molecule has 0 bridgehead atoms. The molecule has 1 rings (SSSR count). The Kier molecular flexibility index (Phi) is 13.4. The molecule has 0 amide bonds. The Hall–Kier alpha value is -1.98. The van der Waals surface area contributed by atoms with E-state index in [2.05, 4.69) is 24.3 Å². The second kappa shape index (κ2) is 13.0. The van der Waals surface area contributed by atoms with Gasteiger partial charge in [0.15, 0.2) is 0 Å². The van der Waals surface area contributed by atoms with Gasteiger partial charge in [0.2, 0.25) is 0 Å². The van der Waals surface area contributed by atoms with Gasteiger partial charge in [0, 0.05) is 0 Å². The summed E-state index contributed by atoms with van der Waals surface area (Å²) in [6, 6.07) is 0. The maximum Gasteiger partial charge on any atom is 0.503 e. The maximum atomic E-state index is 8.56. The van der Waals surface area contributed by atoms with Crippen molar-refractivity contribution < 1.29 is 30.0 Å². The maximum absolute atomic E-state index is 8.56. The van der Waals surface area contributed by atoms with Crippen LogP contribution in [-0.4, -0.2) is 32.7 Å². The Balaban J connectivity index is 0. The number of hydrogen-bond donors (Lipinski definition) is 4. The quantitative estimate of drug-likeness (QED) is 0.510. The van der Waals surface area contributed by atoms with Gasteiger partial charge < -0.3 is 20.4 Å². The third-order valence-electron chi connectivity index (χ3n) is 1.37. The van der Waals surface area contributed by atoms with Gasteiger partial charge in [-0.05, 0) is 25.7 Å². The molecule has 0 atom stereocenters. The van der Waals surface area contributed by atoms with Crippen molar-refractivity contribution in [3.63, 3.8) is 0 Å². The molecule has 92 valence electrons. The van der Waals surface area contributed by atoms with Crippen LogP contribution in [0.25, 0.3) is 0 Å². The van der Waals surface area contributed by atoms with Crippen LogP contribution in [0.3, 0.4) is 0 Å². The Bertz CT molecular complexity index is 210. The van der Waals surface area contributed by atoms with Crippen LogP contribution in [-0.2, 0) is 0 Å². The fourth-order valence-electron chi connectivity index (χ4n) is 0.874. The van der Waals surface area contributed by atoms with Gasteiger partial charge in [-0.1, -0.05) is 24.3 Å². The number of allylic oxidation sites excluding steroid dienone is 4. The van der Waals surface area contributed by atoms with E-state index in [1.54, 1.807) is 0 Å². The van der Waals surface area contributed by atoms with Crippen molar-refractivity contribution in [3.8, 4) is 0 Å². The van der Waals surface area contributed by atoms with Crippen LogP contribution in [0.5, 0.6) is 0 Å². The van der Waals surface area contributed by atoms with Crippen LogP contribution >= 0.6 is 0 Å². The fraction of sp³-hybridized carbons (Fsp3) is 0.400. The minimum Gasteiger partial charge on any atom is -0.450 e. The van der Waals surface area contributed by atoms with Gasteiger partial charge in [0.25, 0.3) is 0 Å². The fourth-order valence-corrected chi connectivity index (χ4v) is 0.874. The predicted molar refractivity (Wildman–Crippen MR) is 58.1 cm³/mol. The number of rotatable bonds is 0. The summed E-state index contributed by atoms with van der Waals surface area (Å²) in [5.74, 6) is 0. The average Bonchev–Trinajstić information content (AvgIpc) is 1.98. The molecule has 6 nitrogen and oxygen atoms in total. The largest absolute Gasteiger partial charge is 0.503 e. The molecule has 1 aliphatic rings. The molecule has 0 radical (unpaired) electrons. The van der Waals surface area contributed by atoms with Gasteiger partial charge in [0.1, 0.15) is 0 Å². The first kappa shape index (κ1) is 16.4. The standard InChI is InChI=1S/C8H12.2CH2O3/c1-2-4-6-8-7-5-3-1;2*2-1(3)4/h1-4H,5-8H2;2*(H2,2,3,4)/b3-1-,4-2-;;. The third-order valence-corrected chi connectivity index (χ3v) is 1.37. The molecule has 0 heterocycles. The zero-order chi connectivity index (χ0) is 12.8. The van der Waals surface area contributed by atoms with Crippen molar-refractivity contribution in [3.05, 3.63) is 24.3 Å². The van der Waals surface area contributed by atoms with Gasteiger partial charge in [-0.25, -0.2) is 9.59 Å². The highest BCUT2D eigenvalue weighted by Crippen LogP contribution is 2.04. The van der Waals surface area contributed by atoms with Crippen molar-refractivity contribution in [1.29, 1.82) is 0 Å². The Morgan fingerprint density at radius 1 is 0.750 bits per heavy atom. The van der Waals surface area contributed by atoms with Crippen LogP contribution < -0.4 is 0 Å². The smallest absolute Gasteiger partial charge is 0.450 e. The Morgan fingerprint density at radius 3 is 1.25 bits per heavy atom. The van der Waals surface area contributed by atoms with E-state index in [1.165, 1.54) is 25.7 Å². The molecular weight excluding hydrogens is 216 g/mol. The first-order valence-corrected chi connectivity index (χ1v) is 4.62. The molecule has 0 spiro atoms. The van der Waals surface area contributed by atoms with E-state index in [-0.39, 0.29) is 0 Å². The summed E-state index contributed by atoms with van der Waals surface area (Å²) in [6.07, 6.45) is 10.3. The highest BCUT2D eigenvalue weighted by molar-refractivity contribution is 5.53. The molecule has 0 fully saturated rings. The minimum atomic E-state index is -1.83. The Labute approximate surface area is 93.2 Å². The zero-order valence-corrected chi connectivity index (χ0v) is 8.74. The summed E-state index contributed by atoms with van der Waals surface area (Å²) in [7, 11) is 0. The molecule has 1 aliphatic carbocycles. The summed E-state index contributed by atoms with van der Waals surface area (Å²) < 4.78 is 0. The number of carboxylic acid groups (broad SMARTS) is 4. The van der Waals surface area contributed by atoms with Crippen LogP contribution in [0.15, 0.2) is 24.3 Å². The van der Waals surface area contributed by atoms with Crippen molar-refractivity contribution in [2.24, 2.45) is 0 Å². The zero-order valence-electron chi connectivity index (χ0n) is 8.74. The summed E-state index contributed by atoms with van der Waals surface area (Å²) in [5, 5.41) is 27.9. The lowest BCUT2D eigenvalue weighted by Crippen LogP contribution is -1.81. The second-order valence-electron chi connectivity index (χ2n) is 2.71. The normalized spacial score (nSPS) is 17.0. The number of carbonyl (C=O) groups is 2. The summed E-state index contributed by atoms with van der Waals surface area (Å²) >= 11 is 0. The highest BCUT2D eigenvalue weighted by atomic mass is 16.6. The molecular formula is C10H16O6. The molecule has 6 heteroatoms. The first-order chi connectivity index (χ1) is 7.46. The summed E-state index contributed by atoms with van der Waals surface area (Å²) in [6.45, 7) is 0. The highest BCUT2D eigenvalue weighted by Gasteiger charge is 1.84. The van der Waals surface area contributed by atoms with E-state index in [1.807, 2.05) is 0 Å². The summed E-state index contributed by atoms with van der Waals surface area (Å²) in [5.41, 5.74) is 0. The molecule has 4 N–H and O–H groups in total. The van der Waals surface area contributed by atoms with E-state index in [0.717, 1.165) is 0 Å². The van der Waals surface area contributed by atoms with Crippen molar-refractivity contribution in [1.82, 2.24) is 0 Å². The lowest BCUT2D eigenvalue weighted by Gasteiger charge is -1.94. The molecule has 0 aromatic heterocycles. The monoisotopic (exact) mass is 232 g/mol. The molecule has 0 saturated heterocycles. The lowest BCUT2D eigenvalue weighted by molar-refractivity contribution is 0.135. The van der Waals surface area contributed by atoms with Crippen molar-refractivity contribution in [2.75, 3.05) is 0 Å². The average molecular weight is 232 g/mol. The van der Waals surface area contributed by atoms with E-state index in [4.69, 9.17) is 30.0 Å². The predicted octanol–water partition coefficient (Wildman–Crippen LogP) is 3.12. The molecule has 0 aromatic rings.